The molecule has 2 fully saturated rings. The minimum atomic E-state index is -2.03. The largest absolute Gasteiger partial charge is 0.493 e. The molecule has 5 nitrogen and oxygen atoms in total. The highest BCUT2D eigenvalue weighted by Gasteiger charge is 2.77. The molecule has 6 heteroatoms. The van der Waals surface area contributed by atoms with Gasteiger partial charge in [-0.15, -0.1) is 10.3 Å². The van der Waals surface area contributed by atoms with E-state index in [1.165, 1.54) is 11.1 Å². The minimum Gasteiger partial charge on any atom is -0.493 e. The highest BCUT2D eigenvalue weighted by molar-refractivity contribution is 8.30. The summed E-state index contributed by atoms with van der Waals surface area (Å²) in [7, 11) is 1.53. The molecular formula is C26H41NO4S. The normalized spacial score (nSPS) is 42.5. The van der Waals surface area contributed by atoms with Gasteiger partial charge < -0.3 is 24.1 Å². The van der Waals surface area contributed by atoms with Crippen molar-refractivity contribution in [1.29, 1.82) is 0 Å². The van der Waals surface area contributed by atoms with E-state index in [0.29, 0.717) is 6.04 Å². The molecule has 180 valence electrons. The number of hydrogen-bond donors (Lipinski definition) is 2. The second-order valence-electron chi connectivity index (χ2n) is 11.7. The van der Waals surface area contributed by atoms with Crippen LogP contribution in [0.15, 0.2) is 12.1 Å². The van der Waals surface area contributed by atoms with Gasteiger partial charge in [-0.3, -0.25) is 0 Å². The molecule has 1 saturated carbocycles. The van der Waals surface area contributed by atoms with Crippen LogP contribution in [0, 0.1) is 5.41 Å². The predicted molar refractivity (Wildman–Crippen MR) is 132 cm³/mol. The third kappa shape index (κ3) is 2.38. The highest BCUT2D eigenvalue weighted by atomic mass is 32.3. The first-order chi connectivity index (χ1) is 14.9. The molecule has 2 heterocycles. The van der Waals surface area contributed by atoms with Crippen molar-refractivity contribution < 1.29 is 18.8 Å². The first-order valence-corrected chi connectivity index (χ1v) is 14.2. The Morgan fingerprint density at radius 2 is 2.00 bits per heavy atom. The molecule has 2 aliphatic heterocycles. The molecule has 1 saturated heterocycles. The topological polar surface area (TPSA) is 60.0 Å². The van der Waals surface area contributed by atoms with Crippen LogP contribution in [0.3, 0.4) is 0 Å². The monoisotopic (exact) mass is 463 g/mol. The van der Waals surface area contributed by atoms with E-state index >= 15 is 0 Å². The fourth-order valence-electron chi connectivity index (χ4n) is 7.86. The number of hydrogen-bond acceptors (Lipinski definition) is 5. The summed E-state index contributed by atoms with van der Waals surface area (Å²) in [5.74, 6) is 1.74. The van der Waals surface area contributed by atoms with Gasteiger partial charge in [-0.05, 0) is 55.5 Å². The Balaban J connectivity index is 1.82. The zero-order valence-corrected chi connectivity index (χ0v) is 21.8. The van der Waals surface area contributed by atoms with Gasteiger partial charge in [-0.1, -0.05) is 40.7 Å². The quantitative estimate of drug-likeness (QED) is 0.666. The zero-order valence-electron chi connectivity index (χ0n) is 21.0. The second-order valence-corrected chi connectivity index (χ2v) is 15.4. The lowest BCUT2D eigenvalue weighted by molar-refractivity contribution is -0.186. The summed E-state index contributed by atoms with van der Waals surface area (Å²) < 4.78 is 31.4. The van der Waals surface area contributed by atoms with Crippen molar-refractivity contribution >= 4 is 10.3 Å². The number of methoxy groups -OCH3 is 2. The van der Waals surface area contributed by atoms with Crippen LogP contribution in [-0.2, 0) is 16.6 Å². The van der Waals surface area contributed by atoms with Crippen molar-refractivity contribution in [3.05, 3.63) is 23.3 Å². The molecule has 5 rings (SSSR count). The molecule has 1 aromatic carbocycles. The van der Waals surface area contributed by atoms with Gasteiger partial charge in [0.15, 0.2) is 11.5 Å². The average Bonchev–Trinajstić information content (AvgIpc) is 3.08. The Labute approximate surface area is 195 Å². The van der Waals surface area contributed by atoms with Gasteiger partial charge in [0, 0.05) is 34.1 Å². The molecule has 2 bridgehead atoms. The first kappa shape index (κ1) is 22.8. The number of nitrogens with one attached hydrogen (secondary N) is 1. The summed E-state index contributed by atoms with van der Waals surface area (Å²) in [5.41, 5.74) is 2.00. The molecule has 0 amide bonds. The number of rotatable bonds is 4. The molecular weight excluding hydrogens is 422 g/mol. The lowest BCUT2D eigenvalue weighted by atomic mass is 9.42. The Kier molecular flexibility index (Phi) is 4.85. The molecule has 1 aromatic rings. The van der Waals surface area contributed by atoms with Crippen molar-refractivity contribution in [1.82, 2.24) is 5.32 Å². The van der Waals surface area contributed by atoms with Gasteiger partial charge in [-0.2, -0.15) is 0 Å². The van der Waals surface area contributed by atoms with Crippen LogP contribution in [0.1, 0.15) is 65.0 Å². The third-order valence-corrected chi connectivity index (χ3v) is 14.2. The van der Waals surface area contributed by atoms with E-state index in [2.05, 4.69) is 58.3 Å². The van der Waals surface area contributed by atoms with E-state index in [0.717, 1.165) is 43.7 Å². The third-order valence-electron chi connectivity index (χ3n) is 10.0. The van der Waals surface area contributed by atoms with E-state index in [4.69, 9.17) is 14.2 Å². The summed E-state index contributed by atoms with van der Waals surface area (Å²) in [4.78, 5) is 0. The van der Waals surface area contributed by atoms with Crippen molar-refractivity contribution in [2.45, 2.75) is 93.5 Å². The van der Waals surface area contributed by atoms with E-state index in [1.807, 2.05) is 7.11 Å². The molecule has 7 atom stereocenters. The molecule has 4 aliphatic rings. The second kappa shape index (κ2) is 6.80. The number of ether oxygens (including phenoxy) is 3. The summed E-state index contributed by atoms with van der Waals surface area (Å²) >= 11 is 0. The summed E-state index contributed by atoms with van der Waals surface area (Å²) in [6.07, 6.45) is 5.70. The Hall–Kier alpha value is -0.950. The zero-order chi connectivity index (χ0) is 23.3. The number of benzene rings is 1. The molecule has 0 radical (unpaired) electrons. The average molecular weight is 464 g/mol. The number of piperidine rings is 1. The maximum atomic E-state index is 12.2. The summed E-state index contributed by atoms with van der Waals surface area (Å²) in [5, 5.41) is 3.88. The lowest BCUT2D eigenvalue weighted by Gasteiger charge is -2.70. The summed E-state index contributed by atoms with van der Waals surface area (Å²) in [6.45, 7) is 12.2. The Morgan fingerprint density at radius 1 is 1.28 bits per heavy atom. The van der Waals surface area contributed by atoms with E-state index in [9.17, 15) is 4.55 Å². The Bertz CT molecular complexity index is 936. The van der Waals surface area contributed by atoms with Crippen LogP contribution in [-0.4, -0.2) is 59.3 Å². The molecule has 2 N–H and O–H groups in total. The minimum absolute atomic E-state index is 0.0115. The van der Waals surface area contributed by atoms with Gasteiger partial charge >= 0.3 is 0 Å². The lowest BCUT2D eigenvalue weighted by Crippen LogP contribution is -2.78. The van der Waals surface area contributed by atoms with E-state index in [-0.39, 0.29) is 26.9 Å². The van der Waals surface area contributed by atoms with Crippen molar-refractivity contribution in [2.75, 3.05) is 27.0 Å². The van der Waals surface area contributed by atoms with E-state index in [1.54, 1.807) is 7.11 Å². The summed E-state index contributed by atoms with van der Waals surface area (Å²) in [6, 6.07) is 4.67. The van der Waals surface area contributed by atoms with Gasteiger partial charge in [0.2, 0.25) is 0 Å². The van der Waals surface area contributed by atoms with Crippen LogP contribution in [0.25, 0.3) is 0 Å². The van der Waals surface area contributed by atoms with Crippen molar-refractivity contribution in [2.24, 2.45) is 5.41 Å². The standard InChI is InChI=1S/C26H41NO4S/c1-9-26(30-7)19(32(8,28)23(2,3)4)15-24(5)18-14-16-10-11-17(29-6)21-20(16)25(24,12-13-27-18)22(26)31-21/h10-11,18-19,22,27-28H,9,12-15H2,1-8H3/t18?,19-,22?,24+,25?,26+/m0/s1. The fourth-order valence-corrected chi connectivity index (χ4v) is 10.5. The molecule has 1 spiro atoms. The molecule has 32 heavy (non-hydrogen) atoms. The smallest absolute Gasteiger partial charge is 0.165 e. The van der Waals surface area contributed by atoms with Crippen molar-refractivity contribution in [3.63, 3.8) is 0 Å². The Morgan fingerprint density at radius 3 is 2.59 bits per heavy atom. The fraction of sp³-hybridized carbons (Fsp3) is 0.769. The van der Waals surface area contributed by atoms with Gasteiger partial charge in [0.05, 0.1) is 7.11 Å². The predicted octanol–water partition coefficient (Wildman–Crippen LogP) is 4.89. The van der Waals surface area contributed by atoms with Crippen LogP contribution in [0.5, 0.6) is 11.5 Å². The van der Waals surface area contributed by atoms with E-state index < -0.39 is 15.9 Å². The van der Waals surface area contributed by atoms with Crippen LogP contribution in [0.4, 0.5) is 0 Å². The highest BCUT2D eigenvalue weighted by Crippen LogP contribution is 2.75. The molecule has 0 aromatic heterocycles. The van der Waals surface area contributed by atoms with Gasteiger partial charge in [0.1, 0.15) is 11.7 Å². The SMILES string of the molecule is CC[C@]1(OC)C2Oc3c(OC)ccc4c3C23CCNC(C4)[C@@]3(C)C[C@@H]1S(C)(O)C(C)(C)C. The molecule has 2 aliphatic carbocycles. The van der Waals surface area contributed by atoms with Gasteiger partial charge in [-0.25, -0.2) is 0 Å². The van der Waals surface area contributed by atoms with Crippen LogP contribution >= 0.6 is 10.3 Å². The van der Waals surface area contributed by atoms with Crippen LogP contribution in [0.2, 0.25) is 0 Å². The van der Waals surface area contributed by atoms with Gasteiger partial charge in [0.25, 0.3) is 0 Å². The maximum absolute atomic E-state index is 12.2. The molecule has 4 unspecified atom stereocenters. The first-order valence-electron chi connectivity index (χ1n) is 12.1. The maximum Gasteiger partial charge on any atom is 0.165 e. The van der Waals surface area contributed by atoms with Crippen LogP contribution < -0.4 is 14.8 Å². The van der Waals surface area contributed by atoms with Crippen molar-refractivity contribution in [3.8, 4) is 11.5 Å².